The van der Waals surface area contributed by atoms with Crippen molar-refractivity contribution in [1.29, 1.82) is 0 Å². The maximum absolute atomic E-state index is 11.3. The van der Waals surface area contributed by atoms with Crippen LogP contribution in [0.2, 0.25) is 0 Å². The van der Waals surface area contributed by atoms with Gasteiger partial charge in [-0.05, 0) is 19.8 Å². The molecule has 1 heterocycles. The van der Waals surface area contributed by atoms with Crippen LogP contribution in [0, 0.1) is 0 Å². The van der Waals surface area contributed by atoms with Crippen LogP contribution in [-0.4, -0.2) is 30.2 Å². The average molecular weight is 172 g/mol. The van der Waals surface area contributed by atoms with Crippen LogP contribution in [0.4, 0.5) is 0 Å². The number of carbonyl (C=O) groups excluding carboxylic acids is 1. The first-order valence-electron chi connectivity index (χ1n) is 4.39. The lowest BCUT2D eigenvalue weighted by Gasteiger charge is -2.14. The highest BCUT2D eigenvalue weighted by Crippen LogP contribution is 2.07. The van der Waals surface area contributed by atoms with Crippen molar-refractivity contribution in [2.45, 2.75) is 32.2 Å². The highest BCUT2D eigenvalue weighted by atomic mass is 16.7. The van der Waals surface area contributed by atoms with E-state index >= 15 is 0 Å². The SMILES string of the molecule is CC(N)CCC(=O)N1CCCO1. The van der Waals surface area contributed by atoms with Gasteiger partial charge in [0.15, 0.2) is 0 Å². The first-order chi connectivity index (χ1) is 5.70. The van der Waals surface area contributed by atoms with E-state index in [1.807, 2.05) is 6.92 Å². The van der Waals surface area contributed by atoms with Crippen molar-refractivity contribution in [2.75, 3.05) is 13.2 Å². The standard InChI is InChI=1S/C8H16N2O2/c1-7(9)3-4-8(11)10-5-2-6-12-10/h7H,2-6,9H2,1H3. The van der Waals surface area contributed by atoms with E-state index in [4.69, 9.17) is 10.6 Å². The van der Waals surface area contributed by atoms with Gasteiger partial charge in [0, 0.05) is 12.5 Å². The van der Waals surface area contributed by atoms with Gasteiger partial charge in [-0.2, -0.15) is 0 Å². The lowest BCUT2D eigenvalue weighted by atomic mass is 10.2. The Balaban J connectivity index is 2.18. The van der Waals surface area contributed by atoms with Gasteiger partial charge in [0.2, 0.25) is 5.91 Å². The Kier molecular flexibility index (Phi) is 3.49. The molecule has 1 aliphatic heterocycles. The lowest BCUT2D eigenvalue weighted by molar-refractivity contribution is -0.168. The quantitative estimate of drug-likeness (QED) is 0.665. The Bertz CT molecular complexity index is 153. The Hall–Kier alpha value is -0.610. The Morgan fingerprint density at radius 3 is 3.00 bits per heavy atom. The van der Waals surface area contributed by atoms with Crippen LogP contribution in [0.3, 0.4) is 0 Å². The summed E-state index contributed by atoms with van der Waals surface area (Å²) in [6, 6.07) is 0.0940. The minimum absolute atomic E-state index is 0.0600. The molecule has 1 atom stereocenters. The lowest BCUT2D eigenvalue weighted by Crippen LogP contribution is -2.28. The van der Waals surface area contributed by atoms with Gasteiger partial charge < -0.3 is 5.73 Å². The fraction of sp³-hybridized carbons (Fsp3) is 0.875. The molecule has 0 aromatic rings. The summed E-state index contributed by atoms with van der Waals surface area (Å²) >= 11 is 0. The van der Waals surface area contributed by atoms with Crippen LogP contribution in [0.25, 0.3) is 0 Å². The van der Waals surface area contributed by atoms with E-state index in [0.29, 0.717) is 13.0 Å². The second-order valence-electron chi connectivity index (χ2n) is 3.20. The van der Waals surface area contributed by atoms with E-state index in [9.17, 15) is 4.79 Å². The topological polar surface area (TPSA) is 55.6 Å². The molecule has 2 N–H and O–H groups in total. The van der Waals surface area contributed by atoms with Crippen LogP contribution in [0.15, 0.2) is 0 Å². The molecular weight excluding hydrogens is 156 g/mol. The maximum atomic E-state index is 11.3. The molecule has 0 aromatic carbocycles. The van der Waals surface area contributed by atoms with Gasteiger partial charge in [0.25, 0.3) is 0 Å². The molecule has 0 aromatic heterocycles. The summed E-state index contributed by atoms with van der Waals surface area (Å²) in [6.07, 6.45) is 2.18. The van der Waals surface area contributed by atoms with Crippen LogP contribution in [0.5, 0.6) is 0 Å². The van der Waals surface area contributed by atoms with E-state index < -0.39 is 0 Å². The summed E-state index contributed by atoms with van der Waals surface area (Å²) in [5.41, 5.74) is 5.53. The predicted molar refractivity (Wildman–Crippen MR) is 45.2 cm³/mol. The third-order valence-electron chi connectivity index (χ3n) is 1.84. The normalized spacial score (nSPS) is 19.7. The molecule has 70 valence electrons. The number of amides is 1. The highest BCUT2D eigenvalue weighted by Gasteiger charge is 2.18. The van der Waals surface area contributed by atoms with E-state index in [0.717, 1.165) is 19.4 Å². The first kappa shape index (κ1) is 9.48. The fourth-order valence-corrected chi connectivity index (χ4v) is 1.12. The van der Waals surface area contributed by atoms with Crippen LogP contribution < -0.4 is 5.73 Å². The molecule has 0 radical (unpaired) electrons. The molecule has 1 amide bonds. The zero-order chi connectivity index (χ0) is 8.97. The summed E-state index contributed by atoms with van der Waals surface area (Å²) in [7, 11) is 0. The number of rotatable bonds is 3. The minimum atomic E-state index is 0.0600. The van der Waals surface area contributed by atoms with Crippen molar-refractivity contribution in [3.8, 4) is 0 Å². The first-order valence-corrected chi connectivity index (χ1v) is 4.39. The van der Waals surface area contributed by atoms with E-state index in [1.165, 1.54) is 5.06 Å². The molecular formula is C8H16N2O2. The van der Waals surface area contributed by atoms with Gasteiger partial charge in [-0.25, -0.2) is 5.06 Å². The van der Waals surface area contributed by atoms with Crippen molar-refractivity contribution in [1.82, 2.24) is 5.06 Å². The smallest absolute Gasteiger partial charge is 0.246 e. The average Bonchev–Trinajstić information content (AvgIpc) is 2.51. The van der Waals surface area contributed by atoms with Gasteiger partial charge in [0.1, 0.15) is 0 Å². The molecule has 1 saturated heterocycles. The zero-order valence-corrected chi connectivity index (χ0v) is 7.45. The highest BCUT2D eigenvalue weighted by molar-refractivity contribution is 5.75. The second-order valence-corrected chi connectivity index (χ2v) is 3.20. The predicted octanol–water partition coefficient (Wildman–Crippen LogP) is 0.278. The Labute approximate surface area is 72.6 Å². The van der Waals surface area contributed by atoms with Crippen molar-refractivity contribution in [3.05, 3.63) is 0 Å². The van der Waals surface area contributed by atoms with Crippen molar-refractivity contribution in [3.63, 3.8) is 0 Å². The van der Waals surface area contributed by atoms with Crippen molar-refractivity contribution >= 4 is 5.91 Å². The number of nitrogens with two attached hydrogens (primary N) is 1. The third-order valence-corrected chi connectivity index (χ3v) is 1.84. The fourth-order valence-electron chi connectivity index (χ4n) is 1.12. The zero-order valence-electron chi connectivity index (χ0n) is 7.45. The molecule has 0 spiro atoms. The number of hydroxylamine groups is 2. The summed E-state index contributed by atoms with van der Waals surface area (Å²) < 4.78 is 0. The molecule has 1 rings (SSSR count). The van der Waals surface area contributed by atoms with Crippen LogP contribution >= 0.6 is 0 Å². The summed E-state index contributed by atoms with van der Waals surface area (Å²) in [5.74, 6) is 0.0600. The van der Waals surface area contributed by atoms with Gasteiger partial charge in [-0.15, -0.1) is 0 Å². The molecule has 4 heteroatoms. The van der Waals surface area contributed by atoms with Crippen molar-refractivity contribution < 1.29 is 9.63 Å². The van der Waals surface area contributed by atoms with Crippen LogP contribution in [-0.2, 0) is 9.63 Å². The summed E-state index contributed by atoms with van der Waals surface area (Å²) in [6.45, 7) is 3.31. The molecule has 4 nitrogen and oxygen atoms in total. The number of carbonyl (C=O) groups is 1. The molecule has 1 unspecified atom stereocenters. The van der Waals surface area contributed by atoms with Gasteiger partial charge in [-0.3, -0.25) is 9.63 Å². The van der Waals surface area contributed by atoms with E-state index in [1.54, 1.807) is 0 Å². The molecule has 12 heavy (non-hydrogen) atoms. The molecule has 1 aliphatic rings. The number of nitrogens with zero attached hydrogens (tertiary/aromatic N) is 1. The van der Waals surface area contributed by atoms with Gasteiger partial charge in [-0.1, -0.05) is 0 Å². The molecule has 0 bridgehead atoms. The van der Waals surface area contributed by atoms with E-state index in [2.05, 4.69) is 0 Å². The monoisotopic (exact) mass is 172 g/mol. The third kappa shape index (κ3) is 2.79. The largest absolute Gasteiger partial charge is 0.328 e. The molecule has 1 fully saturated rings. The van der Waals surface area contributed by atoms with E-state index in [-0.39, 0.29) is 11.9 Å². The number of hydrogen-bond donors (Lipinski definition) is 1. The van der Waals surface area contributed by atoms with Crippen molar-refractivity contribution in [2.24, 2.45) is 5.73 Å². The van der Waals surface area contributed by atoms with Gasteiger partial charge >= 0.3 is 0 Å². The Morgan fingerprint density at radius 1 is 1.75 bits per heavy atom. The molecule has 0 aliphatic carbocycles. The minimum Gasteiger partial charge on any atom is -0.328 e. The summed E-state index contributed by atoms with van der Waals surface area (Å²) in [5, 5.41) is 1.45. The maximum Gasteiger partial charge on any atom is 0.246 e. The second kappa shape index (κ2) is 4.42. The molecule has 0 saturated carbocycles. The Morgan fingerprint density at radius 2 is 2.50 bits per heavy atom. The van der Waals surface area contributed by atoms with Gasteiger partial charge in [0.05, 0.1) is 13.2 Å². The van der Waals surface area contributed by atoms with Crippen LogP contribution in [0.1, 0.15) is 26.2 Å². The summed E-state index contributed by atoms with van der Waals surface area (Å²) in [4.78, 5) is 16.4. The number of hydrogen-bond acceptors (Lipinski definition) is 3.